The fourth-order valence-electron chi connectivity index (χ4n) is 2.52. The SMILES string of the molecule is CNC(=O)CC1SC(=Nc2ccccc2)N(Cc2ccccc2)C1=O. The van der Waals surface area contributed by atoms with Crippen LogP contribution in [0.2, 0.25) is 0 Å². The zero-order valence-corrected chi connectivity index (χ0v) is 14.7. The predicted octanol–water partition coefficient (Wildman–Crippen LogP) is 2.95. The minimum Gasteiger partial charge on any atom is -0.359 e. The van der Waals surface area contributed by atoms with Gasteiger partial charge in [-0.3, -0.25) is 14.5 Å². The summed E-state index contributed by atoms with van der Waals surface area (Å²) in [5.74, 6) is -0.224. The molecule has 0 aliphatic carbocycles. The first-order valence-corrected chi connectivity index (χ1v) is 8.91. The maximum Gasteiger partial charge on any atom is 0.242 e. The van der Waals surface area contributed by atoms with Crippen LogP contribution in [0.1, 0.15) is 12.0 Å². The molecule has 1 atom stereocenters. The number of carbonyl (C=O) groups is 2. The summed E-state index contributed by atoms with van der Waals surface area (Å²) in [4.78, 5) is 30.8. The van der Waals surface area contributed by atoms with Gasteiger partial charge >= 0.3 is 0 Å². The summed E-state index contributed by atoms with van der Waals surface area (Å²) < 4.78 is 0. The van der Waals surface area contributed by atoms with Crippen molar-refractivity contribution in [1.82, 2.24) is 10.2 Å². The molecule has 0 bridgehead atoms. The highest BCUT2D eigenvalue weighted by Crippen LogP contribution is 2.32. The van der Waals surface area contributed by atoms with Gasteiger partial charge in [0.2, 0.25) is 11.8 Å². The van der Waals surface area contributed by atoms with E-state index >= 15 is 0 Å². The molecule has 1 aliphatic rings. The molecular weight excluding hydrogens is 334 g/mol. The average Bonchev–Trinajstić information content (AvgIpc) is 2.92. The summed E-state index contributed by atoms with van der Waals surface area (Å²) in [6.45, 7) is 0.447. The molecular formula is C19H19N3O2S. The fourth-order valence-corrected chi connectivity index (χ4v) is 3.68. The van der Waals surface area contributed by atoms with Crippen LogP contribution in [0.15, 0.2) is 65.7 Å². The van der Waals surface area contributed by atoms with E-state index in [2.05, 4.69) is 10.3 Å². The molecule has 2 aromatic rings. The van der Waals surface area contributed by atoms with Gasteiger partial charge in [-0.2, -0.15) is 0 Å². The van der Waals surface area contributed by atoms with E-state index in [1.807, 2.05) is 60.7 Å². The lowest BCUT2D eigenvalue weighted by atomic mass is 10.2. The Balaban J connectivity index is 1.87. The summed E-state index contributed by atoms with van der Waals surface area (Å²) in [5, 5.41) is 2.77. The first kappa shape index (κ1) is 17.2. The van der Waals surface area contributed by atoms with E-state index in [-0.39, 0.29) is 18.2 Å². The van der Waals surface area contributed by atoms with Gasteiger partial charge in [0.05, 0.1) is 12.2 Å². The number of hydrogen-bond donors (Lipinski definition) is 1. The van der Waals surface area contributed by atoms with Gasteiger partial charge in [-0.25, -0.2) is 4.99 Å². The molecule has 5 nitrogen and oxygen atoms in total. The summed E-state index contributed by atoms with van der Waals surface area (Å²) >= 11 is 1.35. The van der Waals surface area contributed by atoms with E-state index < -0.39 is 5.25 Å². The number of aliphatic imine (C=N–C) groups is 1. The van der Waals surface area contributed by atoms with Gasteiger partial charge < -0.3 is 5.32 Å². The first-order valence-electron chi connectivity index (χ1n) is 8.03. The normalized spacial score (nSPS) is 18.6. The van der Waals surface area contributed by atoms with E-state index in [4.69, 9.17) is 0 Å². The number of para-hydroxylation sites is 1. The lowest BCUT2D eigenvalue weighted by Crippen LogP contribution is -2.33. The number of rotatable bonds is 5. The van der Waals surface area contributed by atoms with Crippen molar-refractivity contribution in [2.45, 2.75) is 18.2 Å². The molecule has 1 N–H and O–H groups in total. The molecule has 0 saturated carbocycles. The largest absolute Gasteiger partial charge is 0.359 e. The number of carbonyl (C=O) groups excluding carboxylic acids is 2. The number of amidine groups is 1. The van der Waals surface area contributed by atoms with Crippen LogP contribution in [0.3, 0.4) is 0 Å². The molecule has 1 fully saturated rings. The molecule has 1 aliphatic heterocycles. The Morgan fingerprint density at radius 1 is 1.12 bits per heavy atom. The first-order chi connectivity index (χ1) is 12.2. The van der Waals surface area contributed by atoms with E-state index in [0.717, 1.165) is 11.3 Å². The van der Waals surface area contributed by atoms with E-state index in [9.17, 15) is 9.59 Å². The second kappa shape index (κ2) is 7.98. The molecule has 6 heteroatoms. The minimum absolute atomic E-state index is 0.0767. The van der Waals surface area contributed by atoms with Gasteiger partial charge in [0, 0.05) is 13.5 Å². The molecule has 1 saturated heterocycles. The second-order valence-corrected chi connectivity index (χ2v) is 6.79. The van der Waals surface area contributed by atoms with Crippen molar-refractivity contribution in [1.29, 1.82) is 0 Å². The maximum absolute atomic E-state index is 12.8. The third kappa shape index (κ3) is 4.28. The van der Waals surface area contributed by atoms with E-state index in [1.165, 1.54) is 11.8 Å². The van der Waals surface area contributed by atoms with Crippen molar-refractivity contribution in [2.75, 3.05) is 7.05 Å². The highest BCUT2D eigenvalue weighted by Gasteiger charge is 2.39. The van der Waals surface area contributed by atoms with Gasteiger partial charge in [-0.15, -0.1) is 0 Å². The molecule has 2 amide bonds. The zero-order chi connectivity index (χ0) is 17.6. The number of thioether (sulfide) groups is 1. The molecule has 0 spiro atoms. The molecule has 2 aromatic carbocycles. The highest BCUT2D eigenvalue weighted by atomic mass is 32.2. The number of nitrogens with zero attached hydrogens (tertiary/aromatic N) is 2. The van der Waals surface area contributed by atoms with Gasteiger partial charge in [0.25, 0.3) is 0 Å². The van der Waals surface area contributed by atoms with Crippen LogP contribution in [0.25, 0.3) is 0 Å². The topological polar surface area (TPSA) is 61.8 Å². The van der Waals surface area contributed by atoms with Crippen LogP contribution in [0.4, 0.5) is 5.69 Å². The van der Waals surface area contributed by atoms with Crippen molar-refractivity contribution in [3.63, 3.8) is 0 Å². The highest BCUT2D eigenvalue weighted by molar-refractivity contribution is 8.15. The molecule has 0 aromatic heterocycles. The fraction of sp³-hybridized carbons (Fsp3) is 0.211. The summed E-state index contributed by atoms with van der Waals surface area (Å²) in [6.07, 6.45) is 0.152. The Morgan fingerprint density at radius 3 is 2.40 bits per heavy atom. The number of nitrogens with one attached hydrogen (secondary N) is 1. The Labute approximate surface area is 151 Å². The molecule has 25 heavy (non-hydrogen) atoms. The molecule has 128 valence electrons. The predicted molar refractivity (Wildman–Crippen MR) is 101 cm³/mol. The summed E-state index contributed by atoms with van der Waals surface area (Å²) in [5.41, 5.74) is 1.81. The standard InChI is InChI=1S/C19H19N3O2S/c1-20-17(23)12-16-18(24)22(13-14-8-4-2-5-9-14)19(25-16)21-15-10-6-3-7-11-15/h2-11,16H,12-13H2,1H3,(H,20,23). The van der Waals surface area contributed by atoms with Crippen LogP contribution >= 0.6 is 11.8 Å². The van der Waals surface area contributed by atoms with Crippen molar-refractivity contribution in [3.8, 4) is 0 Å². The monoisotopic (exact) mass is 353 g/mol. The third-order valence-corrected chi connectivity index (χ3v) is 5.01. The van der Waals surface area contributed by atoms with Crippen molar-refractivity contribution in [3.05, 3.63) is 66.2 Å². The number of hydrogen-bond acceptors (Lipinski definition) is 4. The second-order valence-electron chi connectivity index (χ2n) is 5.62. The van der Waals surface area contributed by atoms with Crippen LogP contribution in [-0.4, -0.2) is 34.2 Å². The number of benzene rings is 2. The van der Waals surface area contributed by atoms with Crippen molar-refractivity contribution in [2.24, 2.45) is 4.99 Å². The third-order valence-electron chi connectivity index (χ3n) is 3.83. The van der Waals surface area contributed by atoms with Crippen LogP contribution in [-0.2, 0) is 16.1 Å². The summed E-state index contributed by atoms with van der Waals surface area (Å²) in [7, 11) is 1.58. The van der Waals surface area contributed by atoms with Crippen LogP contribution < -0.4 is 5.32 Å². The smallest absolute Gasteiger partial charge is 0.242 e. The number of amides is 2. The lowest BCUT2D eigenvalue weighted by Gasteiger charge is -2.16. The van der Waals surface area contributed by atoms with E-state index in [0.29, 0.717) is 11.7 Å². The zero-order valence-electron chi connectivity index (χ0n) is 13.9. The van der Waals surface area contributed by atoms with Crippen LogP contribution in [0, 0.1) is 0 Å². The van der Waals surface area contributed by atoms with Gasteiger partial charge in [0.1, 0.15) is 5.25 Å². The molecule has 1 heterocycles. The molecule has 0 radical (unpaired) electrons. The Morgan fingerprint density at radius 2 is 1.76 bits per heavy atom. The molecule has 3 rings (SSSR count). The Hall–Kier alpha value is -2.60. The Bertz CT molecular complexity index is 778. The van der Waals surface area contributed by atoms with Crippen molar-refractivity contribution >= 4 is 34.4 Å². The van der Waals surface area contributed by atoms with E-state index in [1.54, 1.807) is 11.9 Å². The Kier molecular flexibility index (Phi) is 5.50. The average molecular weight is 353 g/mol. The van der Waals surface area contributed by atoms with Crippen molar-refractivity contribution < 1.29 is 9.59 Å². The minimum atomic E-state index is -0.439. The molecule has 1 unspecified atom stereocenters. The quantitative estimate of drug-likeness (QED) is 0.899. The van der Waals surface area contributed by atoms with Gasteiger partial charge in [-0.1, -0.05) is 60.3 Å². The van der Waals surface area contributed by atoms with Crippen LogP contribution in [0.5, 0.6) is 0 Å². The van der Waals surface area contributed by atoms with Gasteiger partial charge in [0.15, 0.2) is 5.17 Å². The summed E-state index contributed by atoms with van der Waals surface area (Å²) in [6, 6.07) is 19.3. The maximum atomic E-state index is 12.8. The van der Waals surface area contributed by atoms with Gasteiger partial charge in [-0.05, 0) is 17.7 Å². The lowest BCUT2D eigenvalue weighted by molar-refractivity contribution is -0.129.